The first-order valence-corrected chi connectivity index (χ1v) is 10.2. The van der Waals surface area contributed by atoms with E-state index in [0.29, 0.717) is 24.1 Å². The quantitative estimate of drug-likeness (QED) is 0.502. The first-order chi connectivity index (χ1) is 14.5. The Hall–Kier alpha value is -3.41. The lowest BCUT2D eigenvalue weighted by Crippen LogP contribution is -2.27. The van der Waals surface area contributed by atoms with E-state index in [1.165, 1.54) is 0 Å². The summed E-state index contributed by atoms with van der Waals surface area (Å²) in [4.78, 5) is 25.0. The van der Waals surface area contributed by atoms with E-state index in [4.69, 9.17) is 4.74 Å². The predicted octanol–water partition coefficient (Wildman–Crippen LogP) is 3.77. The van der Waals surface area contributed by atoms with Crippen molar-refractivity contribution in [2.75, 3.05) is 6.54 Å². The lowest BCUT2D eigenvalue weighted by atomic mass is 9.93. The molecule has 0 bridgehead atoms. The molecule has 154 valence electrons. The Morgan fingerprint density at radius 2 is 1.97 bits per heavy atom. The maximum atomic E-state index is 12.6. The Balaban J connectivity index is 1.39. The molecule has 0 spiro atoms. The highest BCUT2D eigenvalue weighted by atomic mass is 16.5. The molecule has 6 nitrogen and oxygen atoms in total. The molecule has 4 rings (SSSR count). The van der Waals surface area contributed by atoms with Crippen molar-refractivity contribution in [3.63, 3.8) is 0 Å². The van der Waals surface area contributed by atoms with E-state index < -0.39 is 0 Å². The van der Waals surface area contributed by atoms with Crippen molar-refractivity contribution in [3.8, 4) is 0 Å². The van der Waals surface area contributed by atoms with Crippen molar-refractivity contribution in [1.29, 1.82) is 0 Å². The number of amides is 1. The molecular formula is C24H25N3O3. The summed E-state index contributed by atoms with van der Waals surface area (Å²) in [7, 11) is 0. The molecule has 1 N–H and O–H groups in total. The second kappa shape index (κ2) is 8.53. The van der Waals surface area contributed by atoms with E-state index in [-0.39, 0.29) is 18.0 Å². The molecule has 3 aromatic rings. The average Bonchev–Trinajstić information content (AvgIpc) is 3.08. The molecule has 30 heavy (non-hydrogen) atoms. The molecule has 1 amide bonds. The minimum Gasteiger partial charge on any atom is -0.454 e. The van der Waals surface area contributed by atoms with Crippen LogP contribution in [0.3, 0.4) is 0 Å². The Labute approximate surface area is 175 Å². The number of hydrogen-bond donors (Lipinski definition) is 1. The van der Waals surface area contributed by atoms with Crippen LogP contribution in [-0.2, 0) is 17.7 Å². The number of carbonyl (C=O) groups excluding carboxylic acids is 2. The molecule has 2 heterocycles. The van der Waals surface area contributed by atoms with Gasteiger partial charge in [0, 0.05) is 30.8 Å². The lowest BCUT2D eigenvalue weighted by molar-refractivity contribution is 0.0252. The number of hydrogen-bond acceptors (Lipinski definition) is 4. The summed E-state index contributed by atoms with van der Waals surface area (Å²) in [5, 5.41) is 7.39. The number of carbonyl (C=O) groups is 2. The first-order valence-electron chi connectivity index (χ1n) is 10.2. The van der Waals surface area contributed by atoms with Gasteiger partial charge < -0.3 is 10.1 Å². The summed E-state index contributed by atoms with van der Waals surface area (Å²) < 4.78 is 7.54. The molecule has 0 radical (unpaired) electrons. The maximum absolute atomic E-state index is 12.6. The van der Waals surface area contributed by atoms with Crippen molar-refractivity contribution in [3.05, 3.63) is 88.2 Å². The zero-order valence-electron chi connectivity index (χ0n) is 17.2. The number of esters is 1. The smallest absolute Gasteiger partial charge is 0.339 e. The molecule has 0 saturated heterocycles. The second-order valence-corrected chi connectivity index (χ2v) is 7.64. The molecular weight excluding hydrogens is 378 g/mol. The number of nitrogens with zero attached hydrogens (tertiary/aromatic N) is 2. The summed E-state index contributed by atoms with van der Waals surface area (Å²) in [6.45, 7) is 5.32. The standard InChI is InChI=1S/C24H25N3O3/c1-16-13-17(2)27(26-16)12-6-11-25-23(28)19-9-10-21-20(14-19)15-22(30-24(21)29)18-7-4-3-5-8-18/h3-5,7-10,13-14,22H,6,11-12,15H2,1-2H3,(H,25,28)/t22-/m0/s1. The summed E-state index contributed by atoms with van der Waals surface area (Å²) in [5.74, 6) is -0.483. The molecule has 0 unspecified atom stereocenters. The SMILES string of the molecule is Cc1cc(C)n(CCCNC(=O)c2ccc3c(c2)C[C@@H](c2ccccc2)OC3=O)n1. The van der Waals surface area contributed by atoms with Gasteiger partial charge in [0.2, 0.25) is 0 Å². The van der Waals surface area contributed by atoms with Crippen LogP contribution in [0.4, 0.5) is 0 Å². The van der Waals surface area contributed by atoms with E-state index in [1.54, 1.807) is 12.1 Å². The lowest BCUT2D eigenvalue weighted by Gasteiger charge is -2.25. The van der Waals surface area contributed by atoms with Crippen LogP contribution in [0.1, 0.15) is 55.8 Å². The molecule has 1 aliphatic heterocycles. The van der Waals surface area contributed by atoms with Crippen LogP contribution in [0, 0.1) is 13.8 Å². The predicted molar refractivity (Wildman–Crippen MR) is 113 cm³/mol. The monoisotopic (exact) mass is 403 g/mol. The van der Waals surface area contributed by atoms with Gasteiger partial charge in [0.15, 0.2) is 0 Å². The summed E-state index contributed by atoms with van der Waals surface area (Å²) in [6, 6.07) is 16.9. The number of ether oxygens (including phenoxy) is 1. The maximum Gasteiger partial charge on any atom is 0.339 e. The molecule has 6 heteroatoms. The van der Waals surface area contributed by atoms with Crippen LogP contribution < -0.4 is 5.32 Å². The molecule has 1 aromatic heterocycles. The molecule has 0 aliphatic carbocycles. The van der Waals surface area contributed by atoms with Gasteiger partial charge in [-0.1, -0.05) is 30.3 Å². The summed E-state index contributed by atoms with van der Waals surface area (Å²) >= 11 is 0. The Morgan fingerprint density at radius 1 is 1.17 bits per heavy atom. The number of benzene rings is 2. The third-order valence-electron chi connectivity index (χ3n) is 5.35. The number of rotatable bonds is 6. The third-order valence-corrected chi connectivity index (χ3v) is 5.35. The summed E-state index contributed by atoms with van der Waals surface area (Å²) in [5.41, 5.74) is 5.00. The van der Waals surface area contributed by atoms with Crippen molar-refractivity contribution >= 4 is 11.9 Å². The van der Waals surface area contributed by atoms with Gasteiger partial charge in [-0.05, 0) is 55.7 Å². The van der Waals surface area contributed by atoms with Gasteiger partial charge in [0.05, 0.1) is 11.3 Å². The number of aromatic nitrogens is 2. The number of nitrogens with one attached hydrogen (secondary N) is 1. The van der Waals surface area contributed by atoms with Crippen LogP contribution in [0.25, 0.3) is 0 Å². The molecule has 0 saturated carbocycles. The number of cyclic esters (lactones) is 1. The van der Waals surface area contributed by atoms with Gasteiger partial charge in [-0.25, -0.2) is 4.79 Å². The van der Waals surface area contributed by atoms with Gasteiger partial charge >= 0.3 is 5.97 Å². The van der Waals surface area contributed by atoms with Crippen LogP contribution >= 0.6 is 0 Å². The van der Waals surface area contributed by atoms with E-state index >= 15 is 0 Å². The fraction of sp³-hybridized carbons (Fsp3) is 0.292. The fourth-order valence-corrected chi connectivity index (χ4v) is 3.82. The number of aryl methyl sites for hydroxylation is 3. The van der Waals surface area contributed by atoms with E-state index in [0.717, 1.165) is 35.5 Å². The highest BCUT2D eigenvalue weighted by Gasteiger charge is 2.28. The van der Waals surface area contributed by atoms with Crippen molar-refractivity contribution in [1.82, 2.24) is 15.1 Å². The van der Waals surface area contributed by atoms with Gasteiger partial charge in [0.25, 0.3) is 5.91 Å². The Kier molecular flexibility index (Phi) is 5.65. The molecule has 0 fully saturated rings. The fourth-order valence-electron chi connectivity index (χ4n) is 3.82. The zero-order chi connectivity index (χ0) is 21.1. The van der Waals surface area contributed by atoms with Crippen molar-refractivity contribution in [2.45, 2.75) is 39.3 Å². The van der Waals surface area contributed by atoms with E-state index in [2.05, 4.69) is 10.4 Å². The summed E-state index contributed by atoms with van der Waals surface area (Å²) in [6.07, 6.45) is 1.02. The minimum absolute atomic E-state index is 0.138. The number of fused-ring (bicyclic) bond motifs is 1. The van der Waals surface area contributed by atoms with Gasteiger partial charge in [-0.3, -0.25) is 9.48 Å². The Morgan fingerprint density at radius 3 is 2.70 bits per heavy atom. The van der Waals surface area contributed by atoms with Crippen molar-refractivity contribution < 1.29 is 14.3 Å². The van der Waals surface area contributed by atoms with E-state index in [1.807, 2.05) is 61.0 Å². The van der Waals surface area contributed by atoms with Crippen LogP contribution in [0.5, 0.6) is 0 Å². The first kappa shape index (κ1) is 19.9. The second-order valence-electron chi connectivity index (χ2n) is 7.64. The van der Waals surface area contributed by atoms with Crippen LogP contribution in [0.2, 0.25) is 0 Å². The highest BCUT2D eigenvalue weighted by molar-refractivity contribution is 5.97. The van der Waals surface area contributed by atoms with Crippen LogP contribution in [0.15, 0.2) is 54.6 Å². The topological polar surface area (TPSA) is 73.2 Å². The zero-order valence-corrected chi connectivity index (χ0v) is 17.2. The third kappa shape index (κ3) is 4.27. The molecule has 1 atom stereocenters. The Bertz CT molecular complexity index is 1070. The molecule has 1 aliphatic rings. The average molecular weight is 403 g/mol. The van der Waals surface area contributed by atoms with Crippen molar-refractivity contribution in [2.24, 2.45) is 0 Å². The van der Waals surface area contributed by atoms with Crippen LogP contribution in [-0.4, -0.2) is 28.2 Å². The van der Waals surface area contributed by atoms with Gasteiger partial charge in [-0.15, -0.1) is 0 Å². The normalized spacial score (nSPS) is 15.4. The minimum atomic E-state index is -0.345. The van der Waals surface area contributed by atoms with Gasteiger partial charge in [-0.2, -0.15) is 5.10 Å². The van der Waals surface area contributed by atoms with Gasteiger partial charge in [0.1, 0.15) is 6.10 Å². The highest BCUT2D eigenvalue weighted by Crippen LogP contribution is 2.31. The molecule has 2 aromatic carbocycles. The van der Waals surface area contributed by atoms with E-state index in [9.17, 15) is 9.59 Å². The largest absolute Gasteiger partial charge is 0.454 e.